The van der Waals surface area contributed by atoms with Gasteiger partial charge in [0.15, 0.2) is 0 Å². The number of sulfonamides is 1. The van der Waals surface area contributed by atoms with Crippen LogP contribution in [0.5, 0.6) is 0 Å². The van der Waals surface area contributed by atoms with Crippen molar-refractivity contribution in [3.05, 3.63) is 24.3 Å². The number of anilines is 2. The summed E-state index contributed by atoms with van der Waals surface area (Å²) in [6, 6.07) is 7.31. The molecule has 4 nitrogen and oxygen atoms in total. The molecule has 1 aromatic carbocycles. The highest BCUT2D eigenvalue weighted by atomic mass is 32.2. The molecule has 0 radical (unpaired) electrons. The standard InChI is InChI=1S/C10H16N2O2S/c1-4-12(2)10-7-5-6-9(8-10)11-15(3,13)14/h5-8,11H,4H2,1-3H3. The first kappa shape index (κ1) is 11.8. The number of hydrogen-bond acceptors (Lipinski definition) is 3. The molecule has 0 saturated carbocycles. The third kappa shape index (κ3) is 3.79. The molecule has 15 heavy (non-hydrogen) atoms. The molecule has 5 heteroatoms. The molecule has 0 heterocycles. The van der Waals surface area contributed by atoms with E-state index in [-0.39, 0.29) is 0 Å². The van der Waals surface area contributed by atoms with E-state index in [1.54, 1.807) is 6.07 Å². The fourth-order valence-electron chi connectivity index (χ4n) is 1.20. The molecular weight excluding hydrogens is 212 g/mol. The number of hydrogen-bond donors (Lipinski definition) is 1. The Kier molecular flexibility index (Phi) is 3.57. The van der Waals surface area contributed by atoms with Crippen molar-refractivity contribution in [3.8, 4) is 0 Å². The van der Waals surface area contributed by atoms with Crippen LogP contribution in [0.3, 0.4) is 0 Å². The molecule has 0 amide bonds. The van der Waals surface area contributed by atoms with Gasteiger partial charge in [-0.2, -0.15) is 0 Å². The predicted molar refractivity (Wildman–Crippen MR) is 63.9 cm³/mol. The summed E-state index contributed by atoms with van der Waals surface area (Å²) in [7, 11) is -1.24. The van der Waals surface area contributed by atoms with E-state index in [0.29, 0.717) is 5.69 Å². The third-order valence-electron chi connectivity index (χ3n) is 2.06. The van der Waals surface area contributed by atoms with E-state index in [0.717, 1.165) is 18.5 Å². The Balaban J connectivity index is 2.93. The van der Waals surface area contributed by atoms with E-state index >= 15 is 0 Å². The number of rotatable bonds is 4. The van der Waals surface area contributed by atoms with Crippen LogP contribution in [-0.2, 0) is 10.0 Å². The molecule has 1 N–H and O–H groups in total. The minimum Gasteiger partial charge on any atom is -0.375 e. The second-order valence-electron chi connectivity index (χ2n) is 3.44. The lowest BCUT2D eigenvalue weighted by Crippen LogP contribution is -2.16. The first-order chi connectivity index (χ1) is 6.92. The predicted octanol–water partition coefficient (Wildman–Crippen LogP) is 1.51. The van der Waals surface area contributed by atoms with Crippen molar-refractivity contribution < 1.29 is 8.42 Å². The summed E-state index contributed by atoms with van der Waals surface area (Å²) < 4.78 is 24.5. The zero-order valence-corrected chi connectivity index (χ0v) is 10.0. The Morgan fingerprint density at radius 3 is 2.60 bits per heavy atom. The van der Waals surface area contributed by atoms with Crippen molar-refractivity contribution in [2.24, 2.45) is 0 Å². The zero-order valence-electron chi connectivity index (χ0n) is 9.19. The number of benzene rings is 1. The van der Waals surface area contributed by atoms with Crippen molar-refractivity contribution in [1.82, 2.24) is 0 Å². The Morgan fingerprint density at radius 1 is 1.40 bits per heavy atom. The zero-order chi connectivity index (χ0) is 11.5. The van der Waals surface area contributed by atoms with Gasteiger partial charge in [0.25, 0.3) is 0 Å². The molecular formula is C10H16N2O2S. The minimum absolute atomic E-state index is 0.593. The van der Waals surface area contributed by atoms with E-state index < -0.39 is 10.0 Å². The maximum Gasteiger partial charge on any atom is 0.229 e. The number of nitrogens with zero attached hydrogens (tertiary/aromatic N) is 1. The molecule has 0 atom stereocenters. The molecule has 0 fully saturated rings. The van der Waals surface area contributed by atoms with Gasteiger partial charge in [0.2, 0.25) is 10.0 Å². The average molecular weight is 228 g/mol. The van der Waals surface area contributed by atoms with Gasteiger partial charge < -0.3 is 4.90 Å². The summed E-state index contributed by atoms with van der Waals surface area (Å²) in [5, 5.41) is 0. The molecule has 1 rings (SSSR count). The van der Waals surface area contributed by atoms with Crippen LogP contribution in [0.15, 0.2) is 24.3 Å². The summed E-state index contributed by atoms with van der Waals surface area (Å²) in [4.78, 5) is 2.04. The SMILES string of the molecule is CCN(C)c1cccc(NS(C)(=O)=O)c1. The highest BCUT2D eigenvalue weighted by Gasteiger charge is 2.03. The van der Waals surface area contributed by atoms with Gasteiger partial charge in [-0.15, -0.1) is 0 Å². The summed E-state index contributed by atoms with van der Waals surface area (Å²) in [6.07, 6.45) is 1.14. The van der Waals surface area contributed by atoms with Crippen molar-refractivity contribution in [3.63, 3.8) is 0 Å². The lowest BCUT2D eigenvalue weighted by atomic mass is 10.2. The lowest BCUT2D eigenvalue weighted by Gasteiger charge is -2.17. The summed E-state index contributed by atoms with van der Waals surface area (Å²) >= 11 is 0. The second kappa shape index (κ2) is 4.53. The van der Waals surface area contributed by atoms with Gasteiger partial charge in [-0.3, -0.25) is 4.72 Å². The lowest BCUT2D eigenvalue weighted by molar-refractivity contribution is 0.607. The molecule has 0 aromatic heterocycles. The fourth-order valence-corrected chi connectivity index (χ4v) is 1.76. The van der Waals surface area contributed by atoms with Crippen LogP contribution in [0.2, 0.25) is 0 Å². The van der Waals surface area contributed by atoms with Gasteiger partial charge in [0.1, 0.15) is 0 Å². The van der Waals surface area contributed by atoms with Gasteiger partial charge in [-0.1, -0.05) is 6.07 Å². The van der Waals surface area contributed by atoms with Crippen molar-refractivity contribution in [2.75, 3.05) is 29.5 Å². The van der Waals surface area contributed by atoms with E-state index in [4.69, 9.17) is 0 Å². The maximum absolute atomic E-state index is 11.0. The summed E-state index contributed by atoms with van der Waals surface area (Å²) in [5.74, 6) is 0. The highest BCUT2D eigenvalue weighted by molar-refractivity contribution is 7.92. The van der Waals surface area contributed by atoms with Crippen molar-refractivity contribution >= 4 is 21.4 Å². The molecule has 0 spiro atoms. The molecule has 0 unspecified atom stereocenters. The van der Waals surface area contributed by atoms with Gasteiger partial charge in [-0.05, 0) is 25.1 Å². The smallest absolute Gasteiger partial charge is 0.229 e. The normalized spacial score (nSPS) is 11.1. The fraction of sp³-hybridized carbons (Fsp3) is 0.400. The monoisotopic (exact) mass is 228 g/mol. The summed E-state index contributed by atoms with van der Waals surface area (Å²) in [6.45, 7) is 2.92. The van der Waals surface area contributed by atoms with Crippen LogP contribution in [0.1, 0.15) is 6.92 Å². The van der Waals surface area contributed by atoms with Crippen LogP contribution in [0.25, 0.3) is 0 Å². The van der Waals surface area contributed by atoms with Gasteiger partial charge in [0.05, 0.1) is 11.9 Å². The Hall–Kier alpha value is -1.23. The first-order valence-corrected chi connectivity index (χ1v) is 6.60. The van der Waals surface area contributed by atoms with Gasteiger partial charge in [-0.25, -0.2) is 8.42 Å². The second-order valence-corrected chi connectivity index (χ2v) is 5.19. The molecule has 0 saturated heterocycles. The van der Waals surface area contributed by atoms with E-state index in [2.05, 4.69) is 4.72 Å². The van der Waals surface area contributed by atoms with Gasteiger partial charge >= 0.3 is 0 Å². The molecule has 84 valence electrons. The van der Waals surface area contributed by atoms with Crippen molar-refractivity contribution in [2.45, 2.75) is 6.92 Å². The van der Waals surface area contributed by atoms with Crippen LogP contribution < -0.4 is 9.62 Å². The summed E-state index contributed by atoms with van der Waals surface area (Å²) in [5.41, 5.74) is 1.58. The number of nitrogens with one attached hydrogen (secondary N) is 1. The highest BCUT2D eigenvalue weighted by Crippen LogP contribution is 2.18. The maximum atomic E-state index is 11.0. The molecule has 0 aliphatic carbocycles. The van der Waals surface area contributed by atoms with Crippen molar-refractivity contribution in [1.29, 1.82) is 0 Å². The third-order valence-corrected chi connectivity index (χ3v) is 2.67. The minimum atomic E-state index is -3.19. The van der Waals surface area contributed by atoms with E-state index in [1.807, 2.05) is 37.1 Å². The Morgan fingerprint density at radius 2 is 2.07 bits per heavy atom. The van der Waals surface area contributed by atoms with E-state index in [1.165, 1.54) is 0 Å². The Labute approximate surface area is 91.0 Å². The Bertz CT molecular complexity index is 429. The van der Waals surface area contributed by atoms with Crippen LogP contribution in [-0.4, -0.2) is 28.3 Å². The quantitative estimate of drug-likeness (QED) is 0.850. The van der Waals surface area contributed by atoms with Gasteiger partial charge in [0, 0.05) is 19.3 Å². The molecule has 1 aromatic rings. The largest absolute Gasteiger partial charge is 0.375 e. The average Bonchev–Trinajstić information content (AvgIpc) is 2.14. The topological polar surface area (TPSA) is 49.4 Å². The molecule has 0 aliphatic heterocycles. The van der Waals surface area contributed by atoms with Crippen LogP contribution in [0.4, 0.5) is 11.4 Å². The van der Waals surface area contributed by atoms with Crippen LogP contribution >= 0.6 is 0 Å². The molecule has 0 aliphatic rings. The molecule has 0 bridgehead atoms. The first-order valence-electron chi connectivity index (χ1n) is 4.71. The van der Waals surface area contributed by atoms with E-state index in [9.17, 15) is 8.42 Å². The van der Waals surface area contributed by atoms with Crippen LogP contribution in [0, 0.1) is 0 Å².